The normalized spacial score (nSPS) is 21.6. The molecule has 1 unspecified atom stereocenters. The van der Waals surface area contributed by atoms with Crippen molar-refractivity contribution in [1.82, 2.24) is 4.90 Å². The Morgan fingerprint density at radius 1 is 1.11 bits per heavy atom. The van der Waals surface area contributed by atoms with Crippen LogP contribution in [0.3, 0.4) is 0 Å². The van der Waals surface area contributed by atoms with E-state index in [9.17, 15) is 22.8 Å². The lowest BCUT2D eigenvalue weighted by Crippen LogP contribution is -2.52. The second-order valence-electron chi connectivity index (χ2n) is 9.05. The number of allylic oxidation sites excluding steroid dienone is 1. The molecule has 2 aromatic carbocycles. The smallest absolute Gasteiger partial charge is 0.416 e. The Morgan fingerprint density at radius 2 is 1.92 bits per heavy atom. The van der Waals surface area contributed by atoms with Gasteiger partial charge in [-0.15, -0.1) is 0 Å². The van der Waals surface area contributed by atoms with Gasteiger partial charge < -0.3 is 20.1 Å². The Hall–Kier alpha value is -3.37. The van der Waals surface area contributed by atoms with Crippen LogP contribution in [0.5, 0.6) is 5.75 Å². The van der Waals surface area contributed by atoms with Crippen molar-refractivity contribution in [3.05, 3.63) is 59.2 Å². The minimum absolute atomic E-state index is 0.0803. The number of hydrogen-bond acceptors (Lipinski definition) is 5. The zero-order chi connectivity index (χ0) is 25.3. The molecule has 0 bridgehead atoms. The van der Waals surface area contributed by atoms with Crippen molar-refractivity contribution in [1.29, 1.82) is 0 Å². The van der Waals surface area contributed by atoms with E-state index in [4.69, 9.17) is 9.47 Å². The lowest BCUT2D eigenvalue weighted by molar-refractivity contribution is -0.137. The highest BCUT2D eigenvalue weighted by molar-refractivity contribution is 6.05. The maximum Gasteiger partial charge on any atom is 0.416 e. The van der Waals surface area contributed by atoms with Crippen LogP contribution in [0, 0.1) is 0 Å². The predicted molar refractivity (Wildman–Crippen MR) is 128 cm³/mol. The Morgan fingerprint density at radius 3 is 2.69 bits per heavy atom. The molecule has 7 nitrogen and oxygen atoms in total. The highest BCUT2D eigenvalue weighted by Gasteiger charge is 2.33. The first-order valence-corrected chi connectivity index (χ1v) is 11.9. The fraction of sp³-hybridized carbons (Fsp3) is 0.385. The highest BCUT2D eigenvalue weighted by atomic mass is 19.4. The molecule has 10 heteroatoms. The summed E-state index contributed by atoms with van der Waals surface area (Å²) < 4.78 is 50.2. The zero-order valence-electron chi connectivity index (χ0n) is 19.5. The van der Waals surface area contributed by atoms with E-state index in [2.05, 4.69) is 15.5 Å². The topological polar surface area (TPSA) is 79.9 Å². The SMILES string of the molecule is O=C(C=C1CCCOc2cc(C(F)(F)F)ccc21)Nc1ccc2c(c1)NC(=O)C(N1CCOCC1)C2. The molecule has 1 saturated heterocycles. The summed E-state index contributed by atoms with van der Waals surface area (Å²) in [7, 11) is 0. The predicted octanol–water partition coefficient (Wildman–Crippen LogP) is 4.10. The van der Waals surface area contributed by atoms with E-state index in [1.165, 1.54) is 12.1 Å². The second kappa shape index (κ2) is 9.94. The molecule has 1 fully saturated rings. The van der Waals surface area contributed by atoms with Gasteiger partial charge >= 0.3 is 6.18 Å². The minimum Gasteiger partial charge on any atom is -0.493 e. The number of hydrogen-bond donors (Lipinski definition) is 2. The monoisotopic (exact) mass is 501 g/mol. The van der Waals surface area contributed by atoms with Gasteiger partial charge in [-0.1, -0.05) is 12.1 Å². The number of carbonyl (C=O) groups excluding carboxylic acids is 2. The van der Waals surface area contributed by atoms with Gasteiger partial charge in [0.2, 0.25) is 11.8 Å². The molecule has 2 amide bonds. The maximum absolute atomic E-state index is 13.1. The molecule has 3 heterocycles. The van der Waals surface area contributed by atoms with Gasteiger partial charge in [0.25, 0.3) is 0 Å². The maximum atomic E-state index is 13.1. The molecule has 1 atom stereocenters. The molecule has 0 aromatic heterocycles. The molecule has 2 N–H and O–H groups in total. The number of nitrogens with zero attached hydrogens (tertiary/aromatic N) is 1. The number of anilines is 2. The summed E-state index contributed by atoms with van der Waals surface area (Å²) in [6.45, 7) is 2.90. The number of alkyl halides is 3. The van der Waals surface area contributed by atoms with Crippen molar-refractivity contribution in [3.63, 3.8) is 0 Å². The fourth-order valence-electron chi connectivity index (χ4n) is 4.80. The third kappa shape index (κ3) is 5.24. The summed E-state index contributed by atoms with van der Waals surface area (Å²) in [5.74, 6) is -0.373. The number of fused-ring (bicyclic) bond motifs is 2. The van der Waals surface area contributed by atoms with Crippen molar-refractivity contribution >= 4 is 28.8 Å². The highest BCUT2D eigenvalue weighted by Crippen LogP contribution is 2.38. The van der Waals surface area contributed by atoms with Crippen molar-refractivity contribution in [2.75, 3.05) is 43.5 Å². The van der Waals surface area contributed by atoms with E-state index >= 15 is 0 Å². The average Bonchev–Trinajstić information content (AvgIpc) is 3.05. The van der Waals surface area contributed by atoms with Crippen molar-refractivity contribution in [2.45, 2.75) is 31.5 Å². The van der Waals surface area contributed by atoms with Crippen LogP contribution >= 0.6 is 0 Å². The van der Waals surface area contributed by atoms with Crippen molar-refractivity contribution in [3.8, 4) is 5.75 Å². The quantitative estimate of drug-likeness (QED) is 0.620. The van der Waals surface area contributed by atoms with E-state index in [1.54, 1.807) is 12.1 Å². The molecule has 0 radical (unpaired) electrons. The van der Waals surface area contributed by atoms with Gasteiger partial charge in [-0.25, -0.2) is 0 Å². The van der Waals surface area contributed by atoms with Crippen LogP contribution in [0.25, 0.3) is 5.57 Å². The van der Waals surface area contributed by atoms with Crippen LogP contribution in [0.15, 0.2) is 42.5 Å². The van der Waals surface area contributed by atoms with Crippen LogP contribution < -0.4 is 15.4 Å². The molecule has 0 aliphatic carbocycles. The summed E-state index contributed by atoms with van der Waals surface area (Å²) >= 11 is 0. The lowest BCUT2D eigenvalue weighted by Gasteiger charge is -2.36. The van der Waals surface area contributed by atoms with Crippen molar-refractivity contribution in [2.24, 2.45) is 0 Å². The van der Waals surface area contributed by atoms with E-state index in [0.29, 0.717) is 68.1 Å². The molecule has 0 spiro atoms. The Kier molecular flexibility index (Phi) is 6.72. The first kappa shape index (κ1) is 24.3. The summed E-state index contributed by atoms with van der Waals surface area (Å²) in [5.41, 5.74) is 2.44. The van der Waals surface area contributed by atoms with Gasteiger partial charge in [0, 0.05) is 36.1 Å². The summed E-state index contributed by atoms with van der Waals surface area (Å²) in [6.07, 6.45) is -1.43. The molecular formula is C26H26F3N3O4. The molecule has 3 aliphatic heterocycles. The van der Waals surface area contributed by atoms with Gasteiger partial charge in [-0.2, -0.15) is 13.2 Å². The zero-order valence-corrected chi connectivity index (χ0v) is 19.5. The summed E-state index contributed by atoms with van der Waals surface area (Å²) in [4.78, 5) is 27.6. The Balaban J connectivity index is 1.31. The van der Waals surface area contributed by atoms with Crippen LogP contribution in [-0.2, 0) is 26.9 Å². The first-order chi connectivity index (χ1) is 17.3. The number of rotatable bonds is 3. The molecule has 2 aromatic rings. The standard InChI is InChI=1S/C26H26F3N3O4/c27-26(28,29)18-4-6-20-16(2-1-9-36-23(20)14-18)13-24(33)30-19-5-3-17-12-22(25(34)31-21(17)15-19)32-7-10-35-11-8-32/h3-6,13-15,22H,1-2,7-12H2,(H,30,33)(H,31,34). The van der Waals surface area contributed by atoms with Gasteiger partial charge in [-0.3, -0.25) is 14.5 Å². The fourth-order valence-corrected chi connectivity index (χ4v) is 4.80. The molecule has 3 aliphatic rings. The largest absolute Gasteiger partial charge is 0.493 e. The number of ether oxygens (including phenoxy) is 2. The molecule has 0 saturated carbocycles. The number of benzene rings is 2. The molecule has 190 valence electrons. The summed E-state index contributed by atoms with van der Waals surface area (Å²) in [6, 6.07) is 8.46. The third-order valence-corrected chi connectivity index (χ3v) is 6.65. The Bertz CT molecular complexity index is 1210. The van der Waals surface area contributed by atoms with E-state index < -0.39 is 17.6 Å². The molecule has 5 rings (SSSR count). The number of morpholine rings is 1. The number of amides is 2. The lowest BCUT2D eigenvalue weighted by atomic mass is 9.97. The first-order valence-electron chi connectivity index (χ1n) is 11.9. The third-order valence-electron chi connectivity index (χ3n) is 6.65. The van der Waals surface area contributed by atoms with Crippen molar-refractivity contribution < 1.29 is 32.2 Å². The minimum atomic E-state index is -4.48. The Labute approximate surface area is 206 Å². The van der Waals surface area contributed by atoms with Gasteiger partial charge in [-0.05, 0) is 54.7 Å². The van der Waals surface area contributed by atoms with E-state index in [1.807, 2.05) is 6.07 Å². The van der Waals surface area contributed by atoms with Crippen LogP contribution in [0.2, 0.25) is 0 Å². The van der Waals surface area contributed by atoms with Crippen LogP contribution in [-0.4, -0.2) is 55.7 Å². The number of nitrogens with one attached hydrogen (secondary N) is 2. The number of halogens is 3. The average molecular weight is 502 g/mol. The number of carbonyl (C=O) groups is 2. The van der Waals surface area contributed by atoms with E-state index in [-0.39, 0.29) is 24.3 Å². The van der Waals surface area contributed by atoms with Gasteiger partial charge in [0.15, 0.2) is 0 Å². The van der Waals surface area contributed by atoms with Gasteiger partial charge in [0.1, 0.15) is 5.75 Å². The second-order valence-corrected chi connectivity index (χ2v) is 9.05. The molecular weight excluding hydrogens is 475 g/mol. The van der Waals surface area contributed by atoms with Gasteiger partial charge in [0.05, 0.1) is 31.4 Å². The van der Waals surface area contributed by atoms with E-state index in [0.717, 1.165) is 17.7 Å². The van der Waals surface area contributed by atoms with Crippen LogP contribution in [0.4, 0.5) is 24.5 Å². The van der Waals surface area contributed by atoms with Crippen LogP contribution in [0.1, 0.15) is 29.5 Å². The molecule has 36 heavy (non-hydrogen) atoms. The summed E-state index contributed by atoms with van der Waals surface area (Å²) in [5, 5.41) is 5.75.